The van der Waals surface area contributed by atoms with Gasteiger partial charge in [0, 0.05) is 47.8 Å². The molecule has 0 bridgehead atoms. The van der Waals surface area contributed by atoms with Gasteiger partial charge >= 0.3 is 5.97 Å². The summed E-state index contributed by atoms with van der Waals surface area (Å²) in [6, 6.07) is 10.7. The van der Waals surface area contributed by atoms with E-state index in [1.165, 1.54) is 31.2 Å². The van der Waals surface area contributed by atoms with Crippen molar-refractivity contribution in [3.63, 3.8) is 0 Å². The zero-order valence-electron chi connectivity index (χ0n) is 27.3. The van der Waals surface area contributed by atoms with Crippen LogP contribution in [0.5, 0.6) is 0 Å². The molecule has 5 nitrogen and oxygen atoms in total. The van der Waals surface area contributed by atoms with Gasteiger partial charge in [-0.2, -0.15) is 0 Å². The van der Waals surface area contributed by atoms with E-state index in [0.717, 1.165) is 64.7 Å². The summed E-state index contributed by atoms with van der Waals surface area (Å²) in [4.78, 5) is 15.4. The van der Waals surface area contributed by atoms with Crippen LogP contribution in [0.3, 0.4) is 0 Å². The van der Waals surface area contributed by atoms with Crippen LogP contribution in [0, 0.1) is 88.6 Å². The maximum atomic E-state index is 12.8. The van der Waals surface area contributed by atoms with Crippen molar-refractivity contribution in [3.8, 4) is 0 Å². The number of ether oxygens (including phenoxy) is 1. The molecule has 1 aromatic rings. The molecule has 4 fully saturated rings. The number of benzene rings is 1. The molecule has 1 aromatic carbocycles. The second-order valence-corrected chi connectivity index (χ2v) is 15.2. The second kappa shape index (κ2) is 14.6. The average molecular weight is 729 g/mol. The maximum absolute atomic E-state index is 12.8. The van der Waals surface area contributed by atoms with Crippen molar-refractivity contribution in [2.45, 2.75) is 96.3 Å². The molecule has 3 saturated carbocycles. The van der Waals surface area contributed by atoms with E-state index in [1.54, 1.807) is 0 Å². The third-order valence-corrected chi connectivity index (χ3v) is 12.9. The van der Waals surface area contributed by atoms with Crippen LogP contribution in [0.25, 0.3) is 0 Å². The fourth-order valence-electron chi connectivity index (χ4n) is 10.3. The normalized spacial score (nSPS) is 38.8. The van der Waals surface area contributed by atoms with Crippen LogP contribution in [0.15, 0.2) is 54.6 Å². The quantitative estimate of drug-likeness (QED) is 0.168. The van der Waals surface area contributed by atoms with Crippen molar-refractivity contribution in [2.24, 2.45) is 40.4 Å². The standard InChI is InChI=1S/C38H55N2O3.Pr/c1-4-5-11-30-12-13-33-36(30,2)20-16-34-37(3)19-15-32(24-31(37)14-21-38(33,34)42)43-35(41)26-39-25-28-17-22-40(23-18-28)27-29-9-7-6-8-10-29;/h4-10,14,21,28,30-34,39,42H,1,11-13,15-20,22-27H2,2-3H3;/q-1;/b5-4+;/t30?,31?,32?,33?,34?,36?,37?,38-;/m0./s1. The molecule has 2 N–H and O–H groups in total. The van der Waals surface area contributed by atoms with Gasteiger partial charge < -0.3 is 15.2 Å². The minimum Gasteiger partial charge on any atom is -0.461 e. The van der Waals surface area contributed by atoms with Gasteiger partial charge in [0.2, 0.25) is 0 Å². The summed E-state index contributed by atoms with van der Waals surface area (Å²) in [5.41, 5.74) is 0.919. The average Bonchev–Trinajstić information content (AvgIpc) is 3.35. The van der Waals surface area contributed by atoms with E-state index in [0.29, 0.717) is 30.2 Å². The molecular weight excluding hydrogens is 673 g/mol. The van der Waals surface area contributed by atoms with Crippen molar-refractivity contribution in [3.05, 3.63) is 67.1 Å². The van der Waals surface area contributed by atoms with E-state index in [1.807, 2.05) is 6.08 Å². The topological polar surface area (TPSA) is 61.8 Å². The zero-order chi connectivity index (χ0) is 30.1. The Morgan fingerprint density at radius 2 is 1.77 bits per heavy atom. The van der Waals surface area contributed by atoms with E-state index in [9.17, 15) is 9.90 Å². The first-order valence-corrected chi connectivity index (χ1v) is 17.3. The minimum absolute atomic E-state index is 0. The third-order valence-electron chi connectivity index (χ3n) is 12.9. The number of likely N-dealkylation sites (tertiary alicyclic amines) is 1. The Balaban J connectivity index is 0.00000384. The number of carbonyl (C=O) groups excluding carboxylic acids is 1. The Morgan fingerprint density at radius 3 is 2.52 bits per heavy atom. The number of rotatable bonds is 9. The van der Waals surface area contributed by atoms with Gasteiger partial charge in [0.05, 0.1) is 12.1 Å². The van der Waals surface area contributed by atoms with Crippen molar-refractivity contribution in [2.75, 3.05) is 26.2 Å². The van der Waals surface area contributed by atoms with Gasteiger partial charge in [-0.15, -0.1) is 0 Å². The van der Waals surface area contributed by atoms with Gasteiger partial charge in [-0.25, -0.2) is 19.1 Å². The Hall–Kier alpha value is -0.716. The number of nitrogens with zero attached hydrogens (tertiary/aromatic N) is 1. The number of aliphatic hydroxyl groups is 1. The number of carbonyl (C=O) groups is 1. The van der Waals surface area contributed by atoms with E-state index in [4.69, 9.17) is 4.74 Å². The first kappa shape index (κ1) is 34.6. The monoisotopic (exact) mass is 728 g/mol. The minimum atomic E-state index is -0.716. The SMILES string of the molecule is [CH2-]/C=C/CC1CCC2C1(C)CCC1C3(C)CCC(OC(=O)CNCC4CCN(Cc5ccccc5)CC4)CC3C=C[C@@]12O.[Pr]. The van der Waals surface area contributed by atoms with Crippen molar-refractivity contribution in [1.29, 1.82) is 0 Å². The van der Waals surface area contributed by atoms with Crippen LogP contribution >= 0.6 is 0 Å². The van der Waals surface area contributed by atoms with Crippen LogP contribution < -0.4 is 5.32 Å². The van der Waals surface area contributed by atoms with E-state index in [-0.39, 0.29) is 70.1 Å². The van der Waals surface area contributed by atoms with Gasteiger partial charge in [0.25, 0.3) is 0 Å². The molecule has 44 heavy (non-hydrogen) atoms. The van der Waals surface area contributed by atoms with Gasteiger partial charge in [-0.05, 0) is 117 Å². The summed E-state index contributed by atoms with van der Waals surface area (Å²) in [6.07, 6.45) is 19.5. The molecule has 4 aliphatic carbocycles. The molecule has 0 spiro atoms. The second-order valence-electron chi connectivity index (χ2n) is 15.2. The molecule has 1 heterocycles. The molecule has 6 rings (SSSR count). The van der Waals surface area contributed by atoms with Crippen LogP contribution in [0.1, 0.15) is 83.6 Å². The summed E-state index contributed by atoms with van der Waals surface area (Å²) >= 11 is 0. The smallest absolute Gasteiger partial charge is 0.320 e. The summed E-state index contributed by atoms with van der Waals surface area (Å²) in [6.45, 7) is 13.2. The molecule has 1 radical (unpaired) electrons. The van der Waals surface area contributed by atoms with Crippen LogP contribution in [-0.4, -0.2) is 53.9 Å². The van der Waals surface area contributed by atoms with E-state index < -0.39 is 5.60 Å². The van der Waals surface area contributed by atoms with Gasteiger partial charge in [-0.1, -0.05) is 69.2 Å². The number of nitrogens with one attached hydrogen (secondary N) is 1. The number of piperidine rings is 1. The Bertz CT molecular complexity index is 1170. The number of fused-ring (bicyclic) bond motifs is 5. The number of hydrogen-bond acceptors (Lipinski definition) is 5. The molecule has 7 unspecified atom stereocenters. The third kappa shape index (κ3) is 6.94. The van der Waals surface area contributed by atoms with Crippen molar-refractivity contribution < 1.29 is 55.9 Å². The Morgan fingerprint density at radius 1 is 1.05 bits per heavy atom. The molecule has 1 saturated heterocycles. The largest absolute Gasteiger partial charge is 0.461 e. The van der Waals surface area contributed by atoms with Gasteiger partial charge in [0.15, 0.2) is 0 Å². The fraction of sp³-hybridized carbons (Fsp3) is 0.684. The van der Waals surface area contributed by atoms with Gasteiger partial charge in [-0.3, -0.25) is 9.69 Å². The first-order valence-electron chi connectivity index (χ1n) is 17.3. The first-order chi connectivity index (χ1) is 20.7. The van der Waals surface area contributed by atoms with Crippen LogP contribution in [-0.2, 0) is 16.1 Å². The predicted octanol–water partition coefficient (Wildman–Crippen LogP) is 6.73. The predicted molar refractivity (Wildman–Crippen MR) is 173 cm³/mol. The van der Waals surface area contributed by atoms with Crippen LogP contribution in [0.4, 0.5) is 0 Å². The van der Waals surface area contributed by atoms with E-state index >= 15 is 0 Å². The molecule has 8 atom stereocenters. The van der Waals surface area contributed by atoms with Crippen molar-refractivity contribution in [1.82, 2.24) is 10.2 Å². The molecular formula is C38H55N2O3Pr-. The molecule has 0 amide bonds. The maximum Gasteiger partial charge on any atom is 0.320 e. The van der Waals surface area contributed by atoms with Gasteiger partial charge in [0.1, 0.15) is 6.10 Å². The van der Waals surface area contributed by atoms with E-state index in [2.05, 4.69) is 79.5 Å². The summed E-state index contributed by atoms with van der Waals surface area (Å²) in [5, 5.41) is 15.8. The zero-order valence-corrected chi connectivity index (χ0v) is 31.0. The molecule has 1 aliphatic heterocycles. The number of allylic oxidation sites excluding steroid dienone is 3. The molecule has 5 aliphatic rings. The Labute approximate surface area is 300 Å². The Kier molecular flexibility index (Phi) is 11.5. The number of esters is 1. The summed E-state index contributed by atoms with van der Waals surface area (Å²) in [7, 11) is 0. The summed E-state index contributed by atoms with van der Waals surface area (Å²) < 4.78 is 6.04. The molecule has 239 valence electrons. The number of hydrogen-bond donors (Lipinski definition) is 2. The fourth-order valence-corrected chi connectivity index (χ4v) is 10.3. The van der Waals surface area contributed by atoms with Crippen molar-refractivity contribution >= 4 is 5.97 Å². The summed E-state index contributed by atoms with van der Waals surface area (Å²) in [5.74, 6) is 2.10. The molecule has 6 heteroatoms. The molecule has 0 aromatic heterocycles. The van der Waals surface area contributed by atoms with Crippen LogP contribution in [0.2, 0.25) is 0 Å².